The third kappa shape index (κ3) is 2.28. The maximum absolute atomic E-state index is 8.93. The molecule has 0 aliphatic rings. The number of hydrogen-bond acceptors (Lipinski definition) is 4. The van der Waals surface area contributed by atoms with Gasteiger partial charge in [-0.15, -0.1) is 0 Å². The van der Waals surface area contributed by atoms with Gasteiger partial charge < -0.3 is 10.4 Å². The second-order valence-electron chi connectivity index (χ2n) is 3.98. The summed E-state index contributed by atoms with van der Waals surface area (Å²) < 4.78 is 0. The SMILES string of the molecule is Cc1ccc2nc(N[C@H](C)CO)ncc2c1. The summed E-state index contributed by atoms with van der Waals surface area (Å²) in [5.74, 6) is 0.554. The highest BCUT2D eigenvalue weighted by molar-refractivity contribution is 5.79. The quantitative estimate of drug-likeness (QED) is 0.822. The monoisotopic (exact) mass is 217 g/mol. The van der Waals surface area contributed by atoms with Gasteiger partial charge in [0.25, 0.3) is 0 Å². The average Bonchev–Trinajstić information content (AvgIpc) is 2.29. The summed E-state index contributed by atoms with van der Waals surface area (Å²) in [4.78, 5) is 8.57. The molecule has 1 heterocycles. The van der Waals surface area contributed by atoms with Crippen molar-refractivity contribution in [3.63, 3.8) is 0 Å². The van der Waals surface area contributed by atoms with Crippen molar-refractivity contribution in [3.05, 3.63) is 30.0 Å². The minimum Gasteiger partial charge on any atom is -0.394 e. The van der Waals surface area contributed by atoms with Crippen LogP contribution in [0.5, 0.6) is 0 Å². The van der Waals surface area contributed by atoms with Crippen molar-refractivity contribution < 1.29 is 5.11 Å². The molecule has 0 unspecified atom stereocenters. The van der Waals surface area contributed by atoms with Crippen LogP contribution in [0, 0.1) is 6.92 Å². The van der Waals surface area contributed by atoms with Gasteiger partial charge in [-0.1, -0.05) is 11.6 Å². The van der Waals surface area contributed by atoms with Crippen LogP contribution in [0.2, 0.25) is 0 Å². The minimum absolute atomic E-state index is 0.0390. The third-order valence-corrected chi connectivity index (χ3v) is 2.38. The van der Waals surface area contributed by atoms with E-state index in [2.05, 4.69) is 21.4 Å². The number of rotatable bonds is 3. The summed E-state index contributed by atoms with van der Waals surface area (Å²) >= 11 is 0. The first-order valence-corrected chi connectivity index (χ1v) is 5.30. The predicted octanol–water partition coefficient (Wildman–Crippen LogP) is 1.73. The molecule has 0 spiro atoms. The Bertz CT molecular complexity index is 499. The van der Waals surface area contributed by atoms with Crippen molar-refractivity contribution in [1.29, 1.82) is 0 Å². The van der Waals surface area contributed by atoms with Crippen LogP contribution < -0.4 is 5.32 Å². The predicted molar refractivity (Wildman–Crippen MR) is 64.4 cm³/mol. The lowest BCUT2D eigenvalue weighted by molar-refractivity contribution is 0.281. The molecule has 0 saturated heterocycles. The third-order valence-electron chi connectivity index (χ3n) is 2.38. The molecule has 0 radical (unpaired) electrons. The van der Waals surface area contributed by atoms with E-state index >= 15 is 0 Å². The molecule has 2 N–H and O–H groups in total. The molecule has 0 amide bonds. The molecule has 4 heteroatoms. The first kappa shape index (κ1) is 10.8. The molecule has 1 atom stereocenters. The van der Waals surface area contributed by atoms with Crippen molar-refractivity contribution in [3.8, 4) is 0 Å². The molecule has 1 aromatic carbocycles. The van der Waals surface area contributed by atoms with Crippen LogP contribution in [0.1, 0.15) is 12.5 Å². The van der Waals surface area contributed by atoms with Crippen LogP contribution in [-0.4, -0.2) is 27.7 Å². The number of nitrogens with zero attached hydrogens (tertiary/aromatic N) is 2. The number of aromatic nitrogens is 2. The highest BCUT2D eigenvalue weighted by Crippen LogP contribution is 2.14. The van der Waals surface area contributed by atoms with E-state index in [0.29, 0.717) is 5.95 Å². The van der Waals surface area contributed by atoms with E-state index in [9.17, 15) is 0 Å². The standard InChI is InChI=1S/C12H15N3O/c1-8-3-4-11-10(5-8)6-13-12(15-11)14-9(2)7-16/h3-6,9,16H,7H2,1-2H3,(H,13,14,15)/t9-/m1/s1. The van der Waals surface area contributed by atoms with Gasteiger partial charge in [0.15, 0.2) is 0 Å². The van der Waals surface area contributed by atoms with Crippen LogP contribution in [-0.2, 0) is 0 Å². The van der Waals surface area contributed by atoms with Crippen LogP contribution in [0.4, 0.5) is 5.95 Å². The van der Waals surface area contributed by atoms with Gasteiger partial charge in [0.05, 0.1) is 12.1 Å². The number of aliphatic hydroxyl groups is 1. The Balaban J connectivity index is 2.33. The maximum atomic E-state index is 8.93. The summed E-state index contributed by atoms with van der Waals surface area (Å²) in [5, 5.41) is 13.0. The number of anilines is 1. The fourth-order valence-electron chi connectivity index (χ4n) is 1.49. The molecule has 2 aromatic rings. The van der Waals surface area contributed by atoms with Crippen molar-refractivity contribution in [1.82, 2.24) is 9.97 Å². The smallest absolute Gasteiger partial charge is 0.223 e. The normalized spacial score (nSPS) is 12.7. The van der Waals surface area contributed by atoms with Crippen molar-refractivity contribution in [2.75, 3.05) is 11.9 Å². The summed E-state index contributed by atoms with van der Waals surface area (Å²) in [5.41, 5.74) is 2.11. The van der Waals surface area contributed by atoms with Gasteiger partial charge in [0, 0.05) is 17.6 Å². The fraction of sp³-hybridized carbons (Fsp3) is 0.333. The molecule has 0 aliphatic heterocycles. The number of nitrogens with one attached hydrogen (secondary N) is 1. The lowest BCUT2D eigenvalue weighted by Gasteiger charge is -2.10. The zero-order valence-electron chi connectivity index (χ0n) is 9.44. The maximum Gasteiger partial charge on any atom is 0.223 e. The van der Waals surface area contributed by atoms with E-state index in [1.807, 2.05) is 26.0 Å². The largest absolute Gasteiger partial charge is 0.394 e. The summed E-state index contributed by atoms with van der Waals surface area (Å²) in [6.07, 6.45) is 1.79. The van der Waals surface area contributed by atoms with Crippen LogP contribution in [0.15, 0.2) is 24.4 Å². The first-order chi connectivity index (χ1) is 7.69. The molecule has 16 heavy (non-hydrogen) atoms. The fourth-order valence-corrected chi connectivity index (χ4v) is 1.49. The summed E-state index contributed by atoms with van der Waals surface area (Å²) in [6, 6.07) is 6.01. The van der Waals surface area contributed by atoms with Gasteiger partial charge in [0.2, 0.25) is 5.95 Å². The van der Waals surface area contributed by atoms with E-state index in [0.717, 1.165) is 10.9 Å². The molecular weight excluding hydrogens is 202 g/mol. The molecule has 0 bridgehead atoms. The van der Waals surface area contributed by atoms with E-state index in [1.54, 1.807) is 6.20 Å². The Labute approximate surface area is 94.4 Å². The topological polar surface area (TPSA) is 58.0 Å². The van der Waals surface area contributed by atoms with E-state index < -0.39 is 0 Å². The number of fused-ring (bicyclic) bond motifs is 1. The summed E-state index contributed by atoms with van der Waals surface area (Å²) in [7, 11) is 0. The Kier molecular flexibility index (Phi) is 3.01. The van der Waals surface area contributed by atoms with Gasteiger partial charge in [-0.3, -0.25) is 0 Å². The molecule has 0 fully saturated rings. The number of aliphatic hydroxyl groups excluding tert-OH is 1. The van der Waals surface area contributed by atoms with E-state index in [1.165, 1.54) is 5.56 Å². The highest BCUT2D eigenvalue weighted by atomic mass is 16.3. The minimum atomic E-state index is -0.0390. The first-order valence-electron chi connectivity index (χ1n) is 5.30. The Hall–Kier alpha value is -1.68. The van der Waals surface area contributed by atoms with Gasteiger partial charge in [-0.2, -0.15) is 0 Å². The zero-order valence-corrected chi connectivity index (χ0v) is 9.44. The Morgan fingerprint density at radius 2 is 2.25 bits per heavy atom. The lowest BCUT2D eigenvalue weighted by Crippen LogP contribution is -2.20. The molecular formula is C12H15N3O. The highest BCUT2D eigenvalue weighted by Gasteiger charge is 2.03. The summed E-state index contributed by atoms with van der Waals surface area (Å²) in [6.45, 7) is 3.98. The van der Waals surface area contributed by atoms with Crippen molar-refractivity contribution >= 4 is 16.9 Å². The molecule has 1 aromatic heterocycles. The van der Waals surface area contributed by atoms with Crippen molar-refractivity contribution in [2.24, 2.45) is 0 Å². The van der Waals surface area contributed by atoms with Crippen molar-refractivity contribution in [2.45, 2.75) is 19.9 Å². The van der Waals surface area contributed by atoms with Gasteiger partial charge >= 0.3 is 0 Å². The zero-order chi connectivity index (χ0) is 11.5. The van der Waals surface area contributed by atoms with E-state index in [-0.39, 0.29) is 12.6 Å². The van der Waals surface area contributed by atoms with Gasteiger partial charge in [-0.25, -0.2) is 9.97 Å². The lowest BCUT2D eigenvalue weighted by atomic mass is 10.2. The van der Waals surface area contributed by atoms with Crippen LogP contribution in [0.25, 0.3) is 10.9 Å². The molecule has 4 nitrogen and oxygen atoms in total. The van der Waals surface area contributed by atoms with Gasteiger partial charge in [0.1, 0.15) is 0 Å². The number of benzene rings is 1. The average molecular weight is 217 g/mol. The van der Waals surface area contributed by atoms with Crippen LogP contribution >= 0.6 is 0 Å². The van der Waals surface area contributed by atoms with Crippen LogP contribution in [0.3, 0.4) is 0 Å². The second-order valence-corrected chi connectivity index (χ2v) is 3.98. The Morgan fingerprint density at radius 1 is 1.44 bits per heavy atom. The number of hydrogen-bond donors (Lipinski definition) is 2. The molecule has 2 rings (SSSR count). The Morgan fingerprint density at radius 3 is 3.00 bits per heavy atom. The second kappa shape index (κ2) is 4.45. The number of aryl methyl sites for hydroxylation is 1. The van der Waals surface area contributed by atoms with Gasteiger partial charge in [-0.05, 0) is 26.0 Å². The molecule has 84 valence electrons. The van der Waals surface area contributed by atoms with E-state index in [4.69, 9.17) is 5.11 Å². The molecule has 0 saturated carbocycles. The molecule has 0 aliphatic carbocycles.